The van der Waals surface area contributed by atoms with Crippen molar-refractivity contribution in [1.82, 2.24) is 14.5 Å². The first kappa shape index (κ1) is 16.8. The maximum Gasteiger partial charge on any atom is 0.137 e. The third-order valence-corrected chi connectivity index (χ3v) is 4.96. The number of pyridine rings is 2. The van der Waals surface area contributed by atoms with Crippen molar-refractivity contribution in [1.29, 1.82) is 0 Å². The standard InChI is InChI=1S/C23H25N3/c1-16(14-23(2,3)4)17-8-9-20-18(13-17)19-15-24-12-10-21(19)26(20)22-7-5-6-11-25-22/h5-13,15-16H,14H2,1-4H3. The fraction of sp³-hybridized carbons (Fsp3) is 0.304. The van der Waals surface area contributed by atoms with E-state index in [-0.39, 0.29) is 0 Å². The summed E-state index contributed by atoms with van der Waals surface area (Å²) in [5, 5.41) is 2.43. The van der Waals surface area contributed by atoms with Gasteiger partial charge in [0.25, 0.3) is 0 Å². The largest absolute Gasteiger partial charge is 0.294 e. The molecule has 0 spiro atoms. The summed E-state index contributed by atoms with van der Waals surface area (Å²) in [7, 11) is 0. The minimum atomic E-state index is 0.317. The molecule has 0 saturated heterocycles. The van der Waals surface area contributed by atoms with Crippen LogP contribution in [-0.2, 0) is 0 Å². The Morgan fingerprint density at radius 2 is 1.77 bits per heavy atom. The summed E-state index contributed by atoms with van der Waals surface area (Å²) < 4.78 is 2.23. The Morgan fingerprint density at radius 3 is 2.50 bits per heavy atom. The highest BCUT2D eigenvalue weighted by molar-refractivity contribution is 6.08. The Kier molecular flexibility index (Phi) is 4.03. The van der Waals surface area contributed by atoms with Crippen LogP contribution in [0.1, 0.15) is 45.6 Å². The highest BCUT2D eigenvalue weighted by Gasteiger charge is 2.19. The van der Waals surface area contributed by atoms with E-state index < -0.39 is 0 Å². The van der Waals surface area contributed by atoms with Gasteiger partial charge in [0.1, 0.15) is 5.82 Å². The van der Waals surface area contributed by atoms with Gasteiger partial charge in [-0.2, -0.15) is 0 Å². The lowest BCUT2D eigenvalue weighted by molar-refractivity contribution is 0.349. The molecule has 3 aromatic heterocycles. The number of fused-ring (bicyclic) bond motifs is 3. The number of hydrogen-bond donors (Lipinski definition) is 0. The molecule has 4 rings (SSSR count). The maximum atomic E-state index is 4.57. The predicted octanol–water partition coefficient (Wildman–Crippen LogP) is 6.11. The molecule has 26 heavy (non-hydrogen) atoms. The van der Waals surface area contributed by atoms with E-state index in [0.29, 0.717) is 11.3 Å². The first-order chi connectivity index (χ1) is 12.4. The van der Waals surface area contributed by atoms with E-state index in [9.17, 15) is 0 Å². The van der Waals surface area contributed by atoms with Crippen molar-refractivity contribution < 1.29 is 0 Å². The van der Waals surface area contributed by atoms with E-state index in [4.69, 9.17) is 0 Å². The van der Waals surface area contributed by atoms with Gasteiger partial charge < -0.3 is 0 Å². The van der Waals surface area contributed by atoms with E-state index >= 15 is 0 Å². The lowest BCUT2D eigenvalue weighted by Gasteiger charge is -2.23. The molecule has 132 valence electrons. The van der Waals surface area contributed by atoms with Gasteiger partial charge in [-0.15, -0.1) is 0 Å². The molecule has 1 atom stereocenters. The second kappa shape index (κ2) is 6.24. The molecule has 0 fully saturated rings. The molecule has 1 aromatic carbocycles. The van der Waals surface area contributed by atoms with E-state index in [1.807, 2.05) is 30.7 Å². The number of benzene rings is 1. The molecule has 1 unspecified atom stereocenters. The zero-order chi connectivity index (χ0) is 18.3. The van der Waals surface area contributed by atoms with Crippen LogP contribution in [0.4, 0.5) is 0 Å². The zero-order valence-corrected chi connectivity index (χ0v) is 15.9. The summed E-state index contributed by atoms with van der Waals surface area (Å²) in [6.45, 7) is 9.24. The zero-order valence-electron chi connectivity index (χ0n) is 15.9. The Balaban J connectivity index is 1.94. The van der Waals surface area contributed by atoms with Crippen LogP contribution in [0.3, 0.4) is 0 Å². The molecule has 0 aliphatic heterocycles. The fourth-order valence-electron chi connectivity index (χ4n) is 3.96. The SMILES string of the molecule is CC(CC(C)(C)C)c1ccc2c(c1)c1cnccc1n2-c1ccccn1. The van der Waals surface area contributed by atoms with E-state index in [0.717, 1.165) is 17.8 Å². The number of rotatable bonds is 3. The third-order valence-electron chi connectivity index (χ3n) is 4.96. The van der Waals surface area contributed by atoms with Crippen LogP contribution in [0.25, 0.3) is 27.6 Å². The minimum absolute atomic E-state index is 0.317. The van der Waals surface area contributed by atoms with Crippen molar-refractivity contribution in [2.75, 3.05) is 0 Å². The van der Waals surface area contributed by atoms with E-state index in [2.05, 4.69) is 72.6 Å². The average molecular weight is 343 g/mol. The second-order valence-electron chi connectivity index (χ2n) is 8.36. The van der Waals surface area contributed by atoms with Crippen molar-refractivity contribution >= 4 is 21.8 Å². The van der Waals surface area contributed by atoms with Gasteiger partial charge in [-0.3, -0.25) is 9.55 Å². The van der Waals surface area contributed by atoms with Gasteiger partial charge in [0, 0.05) is 29.4 Å². The predicted molar refractivity (Wildman–Crippen MR) is 109 cm³/mol. The van der Waals surface area contributed by atoms with Gasteiger partial charge in [0.15, 0.2) is 0 Å². The molecule has 0 saturated carbocycles. The summed E-state index contributed by atoms with van der Waals surface area (Å²) >= 11 is 0. The Bertz CT molecular complexity index is 1060. The van der Waals surface area contributed by atoms with Crippen LogP contribution >= 0.6 is 0 Å². The molecule has 3 nitrogen and oxygen atoms in total. The van der Waals surface area contributed by atoms with Crippen LogP contribution < -0.4 is 0 Å². The van der Waals surface area contributed by atoms with Crippen LogP contribution in [0, 0.1) is 5.41 Å². The number of hydrogen-bond acceptors (Lipinski definition) is 2. The van der Waals surface area contributed by atoms with E-state index in [1.165, 1.54) is 21.9 Å². The molecule has 0 radical (unpaired) electrons. The Hall–Kier alpha value is -2.68. The Morgan fingerprint density at radius 1 is 0.962 bits per heavy atom. The topological polar surface area (TPSA) is 30.7 Å². The maximum absolute atomic E-state index is 4.57. The van der Waals surface area contributed by atoms with Crippen LogP contribution in [0.15, 0.2) is 61.1 Å². The summed E-state index contributed by atoms with van der Waals surface area (Å²) in [6, 6.07) is 14.9. The molecule has 0 N–H and O–H groups in total. The van der Waals surface area contributed by atoms with Gasteiger partial charge in [0.2, 0.25) is 0 Å². The van der Waals surface area contributed by atoms with Gasteiger partial charge >= 0.3 is 0 Å². The fourth-order valence-corrected chi connectivity index (χ4v) is 3.96. The molecule has 0 aliphatic carbocycles. The normalized spacial score (nSPS) is 13.4. The van der Waals surface area contributed by atoms with Crippen molar-refractivity contribution in [3.8, 4) is 5.82 Å². The molecular formula is C23H25N3. The quantitative estimate of drug-likeness (QED) is 0.449. The minimum Gasteiger partial charge on any atom is -0.294 e. The third kappa shape index (κ3) is 2.98. The first-order valence-electron chi connectivity index (χ1n) is 9.23. The van der Waals surface area contributed by atoms with Crippen molar-refractivity contribution in [3.05, 3.63) is 66.6 Å². The highest BCUT2D eigenvalue weighted by atomic mass is 15.1. The Labute approximate surface area is 154 Å². The lowest BCUT2D eigenvalue weighted by Crippen LogP contribution is -2.09. The molecular weight excluding hydrogens is 318 g/mol. The number of nitrogens with zero attached hydrogens (tertiary/aromatic N) is 3. The van der Waals surface area contributed by atoms with Crippen molar-refractivity contribution in [2.24, 2.45) is 5.41 Å². The average Bonchev–Trinajstić information content (AvgIpc) is 2.95. The van der Waals surface area contributed by atoms with Crippen LogP contribution in [0.5, 0.6) is 0 Å². The lowest BCUT2D eigenvalue weighted by atomic mass is 9.82. The summed E-state index contributed by atoms with van der Waals surface area (Å²) in [6.07, 6.45) is 6.82. The van der Waals surface area contributed by atoms with Crippen molar-refractivity contribution in [3.63, 3.8) is 0 Å². The molecule has 3 heteroatoms. The second-order valence-corrected chi connectivity index (χ2v) is 8.36. The summed E-state index contributed by atoms with van der Waals surface area (Å²) in [5.74, 6) is 1.46. The van der Waals surface area contributed by atoms with Gasteiger partial charge in [-0.1, -0.05) is 39.8 Å². The van der Waals surface area contributed by atoms with Crippen LogP contribution in [-0.4, -0.2) is 14.5 Å². The molecule has 0 bridgehead atoms. The molecule has 3 heterocycles. The number of aromatic nitrogens is 3. The summed E-state index contributed by atoms with van der Waals surface area (Å²) in [4.78, 5) is 8.94. The smallest absolute Gasteiger partial charge is 0.137 e. The van der Waals surface area contributed by atoms with Gasteiger partial charge in [0.05, 0.1) is 11.0 Å². The van der Waals surface area contributed by atoms with E-state index in [1.54, 1.807) is 0 Å². The monoisotopic (exact) mass is 343 g/mol. The van der Waals surface area contributed by atoms with Gasteiger partial charge in [-0.05, 0) is 53.6 Å². The molecule has 0 amide bonds. The first-order valence-corrected chi connectivity index (χ1v) is 9.23. The van der Waals surface area contributed by atoms with Crippen LogP contribution in [0.2, 0.25) is 0 Å². The molecule has 4 aromatic rings. The molecule has 0 aliphatic rings. The van der Waals surface area contributed by atoms with Gasteiger partial charge in [-0.25, -0.2) is 4.98 Å². The summed E-state index contributed by atoms with van der Waals surface area (Å²) in [5.41, 5.74) is 4.03. The highest BCUT2D eigenvalue weighted by Crippen LogP contribution is 2.36. The van der Waals surface area contributed by atoms with Crippen molar-refractivity contribution in [2.45, 2.75) is 40.0 Å².